The fraction of sp³-hybridized carbons (Fsp3) is 0.167. The van der Waals surface area contributed by atoms with E-state index in [4.69, 9.17) is 27.5 Å². The average Bonchev–Trinajstić information content (AvgIpc) is 2.60. The number of carbonyl (C=O) groups is 1. The second kappa shape index (κ2) is 6.73. The van der Waals surface area contributed by atoms with Crippen LogP contribution in [0.15, 0.2) is 36.4 Å². The molecule has 0 saturated heterocycles. The normalized spacial score (nSPS) is 15.5. The van der Waals surface area contributed by atoms with Crippen LogP contribution in [0.5, 0.6) is 11.5 Å². The minimum Gasteiger partial charge on any atom is -0.493 e. The number of carbonyl (C=O) groups excluding carboxylic acids is 1. The van der Waals surface area contributed by atoms with Crippen molar-refractivity contribution in [3.8, 4) is 23.8 Å². The van der Waals surface area contributed by atoms with E-state index in [0.717, 1.165) is 11.3 Å². The van der Waals surface area contributed by atoms with Crippen molar-refractivity contribution in [2.24, 2.45) is 0 Å². The van der Waals surface area contributed by atoms with Gasteiger partial charge in [-0.25, -0.2) is 0 Å². The molecule has 0 radical (unpaired) electrons. The van der Waals surface area contributed by atoms with Gasteiger partial charge in [-0.2, -0.15) is 0 Å². The molecule has 122 valence electrons. The van der Waals surface area contributed by atoms with Gasteiger partial charge in [-0.3, -0.25) is 4.79 Å². The first-order valence-corrected chi connectivity index (χ1v) is 7.62. The van der Waals surface area contributed by atoms with Crippen molar-refractivity contribution in [1.29, 1.82) is 0 Å². The fourth-order valence-corrected chi connectivity index (χ4v) is 2.81. The number of terminal acetylenes is 1. The van der Waals surface area contributed by atoms with Gasteiger partial charge in [0.05, 0.1) is 17.7 Å². The van der Waals surface area contributed by atoms with Gasteiger partial charge in [0.15, 0.2) is 11.5 Å². The zero-order valence-electron chi connectivity index (χ0n) is 12.9. The molecule has 0 saturated carbocycles. The maximum atomic E-state index is 12.3. The minimum absolute atomic E-state index is 0.0845. The smallest absolute Gasteiger partial charge is 0.255 e. The highest BCUT2D eigenvalue weighted by Gasteiger charge is 2.26. The quantitative estimate of drug-likeness (QED) is 0.838. The van der Waals surface area contributed by atoms with Crippen molar-refractivity contribution in [3.63, 3.8) is 0 Å². The van der Waals surface area contributed by atoms with Crippen LogP contribution in [0.25, 0.3) is 0 Å². The van der Waals surface area contributed by atoms with Gasteiger partial charge in [0.25, 0.3) is 5.91 Å². The van der Waals surface area contributed by atoms with Gasteiger partial charge in [0, 0.05) is 5.69 Å². The summed E-state index contributed by atoms with van der Waals surface area (Å²) >= 11 is 6.29. The summed E-state index contributed by atoms with van der Waals surface area (Å²) in [6, 6.07) is 10.8. The second-order valence-electron chi connectivity index (χ2n) is 5.12. The maximum Gasteiger partial charge on any atom is 0.255 e. The number of hydrogen-bond acceptors (Lipinski definition) is 4. The van der Waals surface area contributed by atoms with E-state index >= 15 is 0 Å². The van der Waals surface area contributed by atoms with E-state index in [-0.39, 0.29) is 12.5 Å². The van der Waals surface area contributed by atoms with Crippen LogP contribution < -0.4 is 20.1 Å². The van der Waals surface area contributed by atoms with E-state index < -0.39 is 6.17 Å². The second-order valence-corrected chi connectivity index (χ2v) is 5.53. The number of fused-ring (bicyclic) bond motifs is 1. The zero-order chi connectivity index (χ0) is 17.1. The average molecular weight is 343 g/mol. The number of ether oxygens (including phenoxy) is 2. The summed E-state index contributed by atoms with van der Waals surface area (Å²) < 4.78 is 10.8. The van der Waals surface area contributed by atoms with E-state index in [9.17, 15) is 4.79 Å². The van der Waals surface area contributed by atoms with Gasteiger partial charge < -0.3 is 20.1 Å². The van der Waals surface area contributed by atoms with Crippen LogP contribution in [0.4, 0.5) is 5.69 Å². The molecule has 2 aromatic rings. The molecule has 0 bridgehead atoms. The van der Waals surface area contributed by atoms with Gasteiger partial charge in [0.2, 0.25) is 0 Å². The Hall–Kier alpha value is -2.84. The lowest BCUT2D eigenvalue weighted by Gasteiger charge is -2.28. The molecular formula is C18H15ClN2O3. The first-order chi connectivity index (χ1) is 11.6. The van der Waals surface area contributed by atoms with E-state index in [1.54, 1.807) is 18.2 Å². The van der Waals surface area contributed by atoms with Crippen molar-refractivity contribution in [2.75, 3.05) is 19.0 Å². The lowest BCUT2D eigenvalue weighted by atomic mass is 10.1. The monoisotopic (exact) mass is 342 g/mol. The number of nitrogens with one attached hydrogen (secondary N) is 2. The summed E-state index contributed by atoms with van der Waals surface area (Å²) in [5, 5.41) is 6.51. The molecule has 1 aliphatic rings. The summed E-state index contributed by atoms with van der Waals surface area (Å²) in [4.78, 5) is 12.3. The van der Waals surface area contributed by atoms with Crippen molar-refractivity contribution in [2.45, 2.75) is 6.17 Å². The predicted molar refractivity (Wildman–Crippen MR) is 92.6 cm³/mol. The Morgan fingerprint density at radius 1 is 1.29 bits per heavy atom. The van der Waals surface area contributed by atoms with Crippen molar-refractivity contribution < 1.29 is 14.3 Å². The third-order valence-corrected chi connectivity index (χ3v) is 3.91. The standard InChI is InChI=1S/C18H15ClN2O3/c1-3-8-24-16-13(19)9-11(10-15(16)23-2)17-20-14-7-5-4-6-12(14)18(22)21-17/h1,4-7,9-10,17,20H,8H2,2H3,(H,21,22)/t17-/m1/s1. The van der Waals surface area contributed by atoms with Crippen LogP contribution in [0.2, 0.25) is 5.02 Å². The number of halogens is 1. The van der Waals surface area contributed by atoms with Gasteiger partial charge >= 0.3 is 0 Å². The molecule has 2 N–H and O–H groups in total. The Kier molecular flexibility index (Phi) is 4.50. The van der Waals surface area contributed by atoms with Crippen LogP contribution in [0.3, 0.4) is 0 Å². The highest BCUT2D eigenvalue weighted by Crippen LogP contribution is 2.39. The molecular weight excluding hydrogens is 328 g/mol. The first-order valence-electron chi connectivity index (χ1n) is 7.24. The molecule has 6 heteroatoms. The van der Waals surface area contributed by atoms with Crippen molar-refractivity contribution in [3.05, 3.63) is 52.5 Å². The number of benzene rings is 2. The van der Waals surface area contributed by atoms with Crippen LogP contribution in [0, 0.1) is 12.3 Å². The number of methoxy groups -OCH3 is 1. The Morgan fingerprint density at radius 2 is 2.08 bits per heavy atom. The molecule has 2 aromatic carbocycles. The minimum atomic E-state index is -0.430. The van der Waals surface area contributed by atoms with Crippen LogP contribution >= 0.6 is 11.6 Å². The van der Waals surface area contributed by atoms with Gasteiger partial charge in [-0.1, -0.05) is 29.7 Å². The molecule has 0 unspecified atom stereocenters. The number of rotatable bonds is 4. The zero-order valence-corrected chi connectivity index (χ0v) is 13.7. The number of hydrogen-bond donors (Lipinski definition) is 2. The Bertz CT molecular complexity index is 829. The molecule has 1 heterocycles. The van der Waals surface area contributed by atoms with Gasteiger partial charge in [0.1, 0.15) is 12.8 Å². The van der Waals surface area contributed by atoms with Crippen molar-refractivity contribution in [1.82, 2.24) is 5.32 Å². The first kappa shape index (κ1) is 16.0. The summed E-state index contributed by atoms with van der Waals surface area (Å²) in [5.74, 6) is 3.05. The molecule has 1 atom stereocenters. The predicted octanol–water partition coefficient (Wildman–Crippen LogP) is 3.21. The highest BCUT2D eigenvalue weighted by molar-refractivity contribution is 6.32. The van der Waals surface area contributed by atoms with E-state index in [1.165, 1.54) is 7.11 Å². The summed E-state index contributed by atoms with van der Waals surface area (Å²) in [6.45, 7) is 0.0845. The number of anilines is 1. The summed E-state index contributed by atoms with van der Waals surface area (Å²) in [5.41, 5.74) is 2.10. The van der Waals surface area contributed by atoms with Crippen LogP contribution in [-0.4, -0.2) is 19.6 Å². The lowest BCUT2D eigenvalue weighted by Crippen LogP contribution is -2.38. The van der Waals surface area contributed by atoms with Gasteiger partial charge in [-0.15, -0.1) is 6.42 Å². The largest absolute Gasteiger partial charge is 0.493 e. The lowest BCUT2D eigenvalue weighted by molar-refractivity contribution is 0.0935. The molecule has 0 aromatic heterocycles. The Morgan fingerprint density at radius 3 is 2.83 bits per heavy atom. The molecule has 5 nitrogen and oxygen atoms in total. The molecule has 0 aliphatic carbocycles. The molecule has 1 amide bonds. The van der Waals surface area contributed by atoms with Crippen LogP contribution in [-0.2, 0) is 0 Å². The van der Waals surface area contributed by atoms with E-state index in [2.05, 4.69) is 16.6 Å². The number of para-hydroxylation sites is 1. The third kappa shape index (κ3) is 2.97. The third-order valence-electron chi connectivity index (χ3n) is 3.63. The van der Waals surface area contributed by atoms with E-state index in [0.29, 0.717) is 22.1 Å². The summed E-state index contributed by atoms with van der Waals surface area (Å²) in [6.07, 6.45) is 4.78. The number of amides is 1. The SMILES string of the molecule is C#CCOc1c(Cl)cc([C@H]2NC(=O)c3ccccc3N2)cc1OC. The van der Waals surface area contributed by atoms with Gasteiger partial charge in [-0.05, 0) is 29.8 Å². The summed E-state index contributed by atoms with van der Waals surface area (Å²) in [7, 11) is 1.51. The molecule has 24 heavy (non-hydrogen) atoms. The molecule has 1 aliphatic heterocycles. The fourth-order valence-electron chi connectivity index (χ4n) is 2.53. The van der Waals surface area contributed by atoms with Crippen LogP contribution in [0.1, 0.15) is 22.1 Å². The Labute approximate surface area is 144 Å². The maximum absolute atomic E-state index is 12.3. The molecule has 3 rings (SSSR count). The Balaban J connectivity index is 1.95. The highest BCUT2D eigenvalue weighted by atomic mass is 35.5. The van der Waals surface area contributed by atoms with E-state index in [1.807, 2.05) is 18.2 Å². The van der Waals surface area contributed by atoms with Crippen molar-refractivity contribution >= 4 is 23.2 Å². The molecule has 0 fully saturated rings. The topological polar surface area (TPSA) is 59.6 Å². The molecule has 0 spiro atoms.